The van der Waals surface area contributed by atoms with Crippen LogP contribution in [0.1, 0.15) is 290 Å². The molecule has 23 nitrogen and oxygen atoms in total. The molecule has 0 aromatic heterocycles. The molecule has 18 atom stereocenters. The van der Waals surface area contributed by atoms with Crippen molar-refractivity contribution in [1.82, 2.24) is 10.6 Å². The molecule has 3 saturated heterocycles. The Morgan fingerprint density at radius 3 is 1.34 bits per heavy atom. The number of nitrogens with one attached hydrogen (secondary N) is 2. The molecule has 18 unspecified atom stereocenters. The molecule has 0 aromatic rings. The number of carbonyl (C=O) groups excluding carboxylic acids is 2. The molecular weight excluding hydrogens is 1200 g/mol. The lowest BCUT2D eigenvalue weighted by molar-refractivity contribution is -0.386. The number of unbranched alkanes of at least 4 members (excludes halogenated alkanes) is 37. The van der Waals surface area contributed by atoms with Gasteiger partial charge in [-0.15, -0.1) is 0 Å². The Hall–Kier alpha value is -2.27. The number of carbonyl (C=O) groups is 3. The first kappa shape index (κ1) is 85.0. The molecule has 0 saturated carbocycles. The summed E-state index contributed by atoms with van der Waals surface area (Å²) in [5.74, 6) is -6.09. The Balaban J connectivity index is 1.49. The smallest absolute Gasteiger partial charge is 0.364 e. The van der Waals surface area contributed by atoms with Crippen molar-refractivity contribution in [3.8, 4) is 0 Å². The second-order valence-electron chi connectivity index (χ2n) is 27.2. The third kappa shape index (κ3) is 33.0. The average Bonchev–Trinajstić information content (AvgIpc) is 0.764. The SMILES string of the molecule is CCCCCCCCCCCCCCCCCCCCCCCCCCCCCCC(=O)NC(COC1OC(CO)C(OC2OC(CO)C(O)C(OC3(C(=O)O)CC(O)C(NC(C)=O)C(C(O)C(O)CO)O3)C2O)C(O)C1O)C(O)CCCCCCCCCCCCC. The van der Waals surface area contributed by atoms with E-state index in [2.05, 4.69) is 24.5 Å². The first-order valence-corrected chi connectivity index (χ1v) is 36.9. The molecule has 548 valence electrons. The van der Waals surface area contributed by atoms with Crippen molar-refractivity contribution in [3.05, 3.63) is 0 Å². The van der Waals surface area contributed by atoms with Crippen molar-refractivity contribution in [3.63, 3.8) is 0 Å². The molecular formula is C70H132N2O21. The number of aliphatic hydroxyl groups is 11. The van der Waals surface area contributed by atoms with E-state index in [1.165, 1.54) is 193 Å². The van der Waals surface area contributed by atoms with Gasteiger partial charge >= 0.3 is 5.97 Å². The largest absolute Gasteiger partial charge is 0.477 e. The van der Waals surface area contributed by atoms with Gasteiger partial charge in [-0.3, -0.25) is 9.59 Å². The molecule has 3 aliphatic rings. The topological polar surface area (TPSA) is 373 Å². The lowest BCUT2D eigenvalue weighted by atomic mass is 9.88. The number of amides is 2. The van der Waals surface area contributed by atoms with Gasteiger partial charge in [0.2, 0.25) is 11.8 Å². The van der Waals surface area contributed by atoms with Crippen LogP contribution >= 0.6 is 0 Å². The van der Waals surface area contributed by atoms with Crippen LogP contribution in [0.25, 0.3) is 0 Å². The Labute approximate surface area is 557 Å². The van der Waals surface area contributed by atoms with E-state index in [1.54, 1.807) is 0 Å². The number of hydrogen-bond donors (Lipinski definition) is 14. The van der Waals surface area contributed by atoms with E-state index >= 15 is 0 Å². The molecule has 3 heterocycles. The summed E-state index contributed by atoms with van der Waals surface area (Å²) in [6.45, 7) is 2.21. The molecule has 14 N–H and O–H groups in total. The molecule has 3 aliphatic heterocycles. The predicted molar refractivity (Wildman–Crippen MR) is 352 cm³/mol. The number of aliphatic carboxylic acids is 1. The highest BCUT2D eigenvalue weighted by Gasteiger charge is 2.60. The van der Waals surface area contributed by atoms with Crippen molar-refractivity contribution >= 4 is 17.8 Å². The molecule has 3 rings (SSSR count). The van der Waals surface area contributed by atoms with Gasteiger partial charge in [-0.25, -0.2) is 4.79 Å². The van der Waals surface area contributed by atoms with E-state index in [0.29, 0.717) is 19.3 Å². The van der Waals surface area contributed by atoms with Crippen LogP contribution in [0.5, 0.6) is 0 Å². The van der Waals surface area contributed by atoms with Gasteiger partial charge in [-0.2, -0.15) is 0 Å². The van der Waals surface area contributed by atoms with Crippen LogP contribution in [0, 0.1) is 0 Å². The number of carboxylic acid groups (broad SMARTS) is 1. The zero-order chi connectivity index (χ0) is 68.2. The molecule has 23 heteroatoms. The third-order valence-corrected chi connectivity index (χ3v) is 19.1. The predicted octanol–water partition coefficient (Wildman–Crippen LogP) is 7.68. The minimum Gasteiger partial charge on any atom is -0.477 e. The van der Waals surface area contributed by atoms with E-state index in [-0.39, 0.29) is 18.9 Å². The minimum absolute atomic E-state index is 0.229. The summed E-state index contributed by atoms with van der Waals surface area (Å²) in [5, 5.41) is 136. The Morgan fingerprint density at radius 1 is 0.516 bits per heavy atom. The monoisotopic (exact) mass is 1340 g/mol. The van der Waals surface area contributed by atoms with Gasteiger partial charge in [0.15, 0.2) is 12.6 Å². The molecule has 0 spiro atoms. The molecule has 0 bridgehead atoms. The van der Waals surface area contributed by atoms with Crippen LogP contribution < -0.4 is 10.6 Å². The van der Waals surface area contributed by atoms with Gasteiger partial charge in [-0.1, -0.05) is 258 Å². The minimum atomic E-state index is -3.08. The fourth-order valence-electron chi connectivity index (χ4n) is 13.2. The van der Waals surface area contributed by atoms with Crippen LogP contribution in [0.15, 0.2) is 0 Å². The van der Waals surface area contributed by atoms with Crippen LogP contribution in [0.2, 0.25) is 0 Å². The van der Waals surface area contributed by atoms with Gasteiger partial charge in [0.05, 0.1) is 50.7 Å². The summed E-state index contributed by atoms with van der Waals surface area (Å²) in [4.78, 5) is 38.5. The zero-order valence-corrected chi connectivity index (χ0v) is 57.4. The molecule has 0 aromatic carbocycles. The first-order valence-electron chi connectivity index (χ1n) is 36.9. The fourth-order valence-corrected chi connectivity index (χ4v) is 13.2. The molecule has 93 heavy (non-hydrogen) atoms. The summed E-state index contributed by atoms with van der Waals surface area (Å²) >= 11 is 0. The summed E-state index contributed by atoms with van der Waals surface area (Å²) in [7, 11) is 0. The highest BCUT2D eigenvalue weighted by molar-refractivity contribution is 5.77. The standard InChI is InChI=1S/C70H132N2O21/c1-4-6-8-10-12-14-16-17-18-19-20-21-22-23-24-25-26-27-28-29-30-31-32-34-36-38-40-42-44-57(80)72-51(52(77)43-41-39-37-35-33-15-13-11-9-7-5-2)49-88-67-62(84)61(83)64(56(48-75)90-67)91-68-63(85)66(60(82)55(47-74)89-68)93-70(69(86)87)45-53(78)58(71-50(3)76)65(92-70)59(81)54(79)46-73/h51-56,58-68,73-75,77-79,81-85H,4-49H2,1-3H3,(H,71,76)(H,72,80)(H,86,87). The van der Waals surface area contributed by atoms with Crippen LogP contribution in [0.4, 0.5) is 0 Å². The van der Waals surface area contributed by atoms with Gasteiger partial charge in [-0.05, 0) is 12.8 Å². The highest BCUT2D eigenvalue weighted by Crippen LogP contribution is 2.39. The number of hydrogen-bond acceptors (Lipinski definition) is 20. The first-order chi connectivity index (χ1) is 44.9. The fraction of sp³-hybridized carbons (Fsp3) is 0.957. The number of rotatable bonds is 57. The van der Waals surface area contributed by atoms with Crippen molar-refractivity contribution in [1.29, 1.82) is 0 Å². The normalized spacial score (nSPS) is 28.0. The summed E-state index contributed by atoms with van der Waals surface area (Å²) < 4.78 is 34.8. The maximum atomic E-state index is 13.5. The Morgan fingerprint density at radius 2 is 0.935 bits per heavy atom. The van der Waals surface area contributed by atoms with Gasteiger partial charge in [0.1, 0.15) is 67.1 Å². The zero-order valence-electron chi connectivity index (χ0n) is 57.4. The van der Waals surface area contributed by atoms with Gasteiger partial charge < -0.3 is 100 Å². The van der Waals surface area contributed by atoms with E-state index in [1.807, 2.05) is 0 Å². The third-order valence-electron chi connectivity index (χ3n) is 19.1. The van der Waals surface area contributed by atoms with Crippen molar-refractivity contribution in [2.75, 3.05) is 26.4 Å². The van der Waals surface area contributed by atoms with Gasteiger partial charge in [0.25, 0.3) is 5.79 Å². The lowest BCUT2D eigenvalue weighted by Gasteiger charge is -2.50. The van der Waals surface area contributed by atoms with Crippen LogP contribution in [-0.4, -0.2) is 215 Å². The van der Waals surface area contributed by atoms with Crippen LogP contribution in [-0.2, 0) is 42.8 Å². The van der Waals surface area contributed by atoms with E-state index < -0.39 is 148 Å². The van der Waals surface area contributed by atoms with Crippen molar-refractivity contribution in [2.45, 2.75) is 400 Å². The molecule has 3 fully saturated rings. The molecule has 2 amide bonds. The van der Waals surface area contributed by atoms with E-state index in [0.717, 1.165) is 51.9 Å². The number of ether oxygens (including phenoxy) is 6. The summed E-state index contributed by atoms with van der Waals surface area (Å²) in [6, 6.07) is -2.52. The van der Waals surface area contributed by atoms with E-state index in [9.17, 15) is 75.7 Å². The van der Waals surface area contributed by atoms with Crippen molar-refractivity contribution < 1.29 is 104 Å². The Kier molecular flexibility index (Phi) is 46.6. The van der Waals surface area contributed by atoms with Crippen LogP contribution in [0.3, 0.4) is 0 Å². The molecule has 0 aliphatic carbocycles. The summed E-state index contributed by atoms with van der Waals surface area (Å²) in [6.07, 6.45) is 19.9. The average molecular weight is 1340 g/mol. The maximum absolute atomic E-state index is 13.5. The maximum Gasteiger partial charge on any atom is 0.364 e. The highest BCUT2D eigenvalue weighted by atomic mass is 16.8. The second-order valence-corrected chi connectivity index (χ2v) is 27.2. The summed E-state index contributed by atoms with van der Waals surface area (Å²) in [5.41, 5.74) is 0. The molecule has 0 radical (unpaired) electrons. The van der Waals surface area contributed by atoms with Gasteiger partial charge in [0, 0.05) is 19.8 Å². The van der Waals surface area contributed by atoms with Crippen molar-refractivity contribution in [2.24, 2.45) is 0 Å². The number of aliphatic hydroxyl groups excluding tert-OH is 11. The Bertz CT molecular complexity index is 1880. The second kappa shape index (κ2) is 51.0. The quantitative estimate of drug-likeness (QED) is 0.0260. The van der Waals surface area contributed by atoms with E-state index in [4.69, 9.17) is 28.4 Å². The lowest BCUT2D eigenvalue weighted by Crippen LogP contribution is -2.70. The number of carboxylic acids is 1.